The van der Waals surface area contributed by atoms with Crippen LogP contribution in [0.2, 0.25) is 0 Å². The standard InChI is InChI=1S/C8H4BrF2N3O2/c9-6-3-5(14(15)16)4(1-2-12)7(13-6)8(10)11/h3,8H,1H2. The highest BCUT2D eigenvalue weighted by Gasteiger charge is 2.25. The zero-order valence-corrected chi connectivity index (χ0v) is 9.24. The van der Waals surface area contributed by atoms with Gasteiger partial charge in [-0.3, -0.25) is 10.1 Å². The lowest BCUT2D eigenvalue weighted by molar-refractivity contribution is -0.385. The molecule has 0 aliphatic carbocycles. The van der Waals surface area contributed by atoms with Crippen LogP contribution in [0.15, 0.2) is 10.7 Å². The third-order valence-corrected chi connectivity index (χ3v) is 2.17. The number of pyridine rings is 1. The van der Waals surface area contributed by atoms with E-state index in [9.17, 15) is 18.9 Å². The topological polar surface area (TPSA) is 79.8 Å². The fourth-order valence-electron chi connectivity index (χ4n) is 1.15. The molecule has 0 aliphatic heterocycles. The molecule has 0 aromatic carbocycles. The number of halogens is 3. The predicted molar refractivity (Wildman–Crippen MR) is 52.9 cm³/mol. The fraction of sp³-hybridized carbons (Fsp3) is 0.250. The molecule has 0 fully saturated rings. The summed E-state index contributed by atoms with van der Waals surface area (Å²) in [5.74, 6) is 0. The molecule has 1 rings (SSSR count). The quantitative estimate of drug-likeness (QED) is 0.487. The number of alkyl halides is 2. The zero-order chi connectivity index (χ0) is 12.3. The minimum atomic E-state index is -2.96. The molecule has 0 bridgehead atoms. The SMILES string of the molecule is N#CCc1c([N+](=O)[O-])cc(Br)nc1C(F)F. The van der Waals surface area contributed by atoms with Crippen molar-refractivity contribution in [1.29, 1.82) is 5.26 Å². The van der Waals surface area contributed by atoms with Gasteiger partial charge in [0.2, 0.25) is 0 Å². The van der Waals surface area contributed by atoms with Gasteiger partial charge in [-0.1, -0.05) is 0 Å². The highest BCUT2D eigenvalue weighted by molar-refractivity contribution is 9.10. The predicted octanol–water partition coefficient (Wildman–Crippen LogP) is 2.76. The molecule has 0 N–H and O–H groups in total. The Labute approximate surface area is 97.0 Å². The molecule has 0 spiro atoms. The molecule has 84 valence electrons. The number of rotatable bonds is 3. The second kappa shape index (κ2) is 4.94. The molecular weight excluding hydrogens is 288 g/mol. The first-order chi connectivity index (χ1) is 7.47. The molecular formula is C8H4BrF2N3O2. The molecule has 1 aromatic rings. The van der Waals surface area contributed by atoms with E-state index < -0.39 is 29.2 Å². The van der Waals surface area contributed by atoms with E-state index in [4.69, 9.17) is 5.26 Å². The Bertz CT molecular complexity index is 473. The Balaban J connectivity index is 3.48. The van der Waals surface area contributed by atoms with Gasteiger partial charge in [-0.15, -0.1) is 0 Å². The van der Waals surface area contributed by atoms with Gasteiger partial charge in [-0.25, -0.2) is 13.8 Å². The normalized spacial score (nSPS) is 10.2. The summed E-state index contributed by atoms with van der Waals surface area (Å²) in [7, 11) is 0. The van der Waals surface area contributed by atoms with E-state index in [1.807, 2.05) is 0 Å². The van der Waals surface area contributed by atoms with E-state index in [1.165, 1.54) is 0 Å². The minimum absolute atomic E-state index is 0.0591. The minimum Gasteiger partial charge on any atom is -0.258 e. The van der Waals surface area contributed by atoms with Gasteiger partial charge in [0.05, 0.1) is 23.0 Å². The number of hydrogen-bond donors (Lipinski definition) is 0. The van der Waals surface area contributed by atoms with Crippen molar-refractivity contribution in [3.05, 3.63) is 32.0 Å². The van der Waals surface area contributed by atoms with Gasteiger partial charge < -0.3 is 0 Å². The highest BCUT2D eigenvalue weighted by atomic mass is 79.9. The molecule has 0 saturated carbocycles. The molecule has 1 aromatic heterocycles. The first kappa shape index (κ1) is 12.4. The lowest BCUT2D eigenvalue weighted by Gasteiger charge is -2.06. The van der Waals surface area contributed by atoms with Gasteiger partial charge >= 0.3 is 0 Å². The summed E-state index contributed by atoms with van der Waals surface area (Å²) in [6.07, 6.45) is -3.43. The van der Waals surface area contributed by atoms with Gasteiger partial charge in [0.25, 0.3) is 12.1 Å². The summed E-state index contributed by atoms with van der Waals surface area (Å²) in [4.78, 5) is 13.3. The number of aromatic nitrogens is 1. The molecule has 0 saturated heterocycles. The van der Waals surface area contributed by atoms with Crippen LogP contribution in [0, 0.1) is 21.4 Å². The van der Waals surface area contributed by atoms with Crippen molar-refractivity contribution >= 4 is 21.6 Å². The van der Waals surface area contributed by atoms with Gasteiger partial charge in [0, 0.05) is 6.07 Å². The monoisotopic (exact) mass is 291 g/mol. The fourth-order valence-corrected chi connectivity index (χ4v) is 1.56. The van der Waals surface area contributed by atoms with Gasteiger partial charge in [-0.05, 0) is 15.9 Å². The van der Waals surface area contributed by atoms with Crippen molar-refractivity contribution in [3.8, 4) is 6.07 Å². The molecule has 1 heterocycles. The van der Waals surface area contributed by atoms with Gasteiger partial charge in [0.15, 0.2) is 0 Å². The Hall–Kier alpha value is -1.62. The van der Waals surface area contributed by atoms with Crippen LogP contribution in [-0.2, 0) is 6.42 Å². The third kappa shape index (κ3) is 2.49. The van der Waals surface area contributed by atoms with E-state index in [0.29, 0.717) is 0 Å². The maximum Gasteiger partial charge on any atom is 0.280 e. The molecule has 0 amide bonds. The maximum absolute atomic E-state index is 12.6. The molecule has 8 heteroatoms. The van der Waals surface area contributed by atoms with Crippen molar-refractivity contribution in [2.24, 2.45) is 0 Å². The van der Waals surface area contributed by atoms with Crippen LogP contribution in [0.4, 0.5) is 14.5 Å². The second-order valence-corrected chi connectivity index (χ2v) is 3.53. The lowest BCUT2D eigenvalue weighted by Crippen LogP contribution is -2.04. The zero-order valence-electron chi connectivity index (χ0n) is 7.65. The van der Waals surface area contributed by atoms with Gasteiger partial charge in [-0.2, -0.15) is 5.26 Å². The Kier molecular flexibility index (Phi) is 3.84. The molecule has 0 unspecified atom stereocenters. The summed E-state index contributed by atoms with van der Waals surface area (Å²) in [5.41, 5.74) is -1.60. The van der Waals surface area contributed by atoms with Crippen LogP contribution in [0.1, 0.15) is 17.7 Å². The van der Waals surface area contributed by atoms with Gasteiger partial charge in [0.1, 0.15) is 10.3 Å². The van der Waals surface area contributed by atoms with Crippen LogP contribution >= 0.6 is 15.9 Å². The summed E-state index contributed by atoms with van der Waals surface area (Å²) in [5, 5.41) is 19.1. The van der Waals surface area contributed by atoms with Crippen molar-refractivity contribution in [2.45, 2.75) is 12.8 Å². The summed E-state index contributed by atoms with van der Waals surface area (Å²) >= 11 is 2.80. The van der Waals surface area contributed by atoms with E-state index in [1.54, 1.807) is 6.07 Å². The lowest BCUT2D eigenvalue weighted by atomic mass is 10.1. The van der Waals surface area contributed by atoms with E-state index in [-0.39, 0.29) is 10.2 Å². The molecule has 5 nitrogen and oxygen atoms in total. The average molecular weight is 292 g/mol. The van der Waals surface area contributed by atoms with E-state index in [2.05, 4.69) is 20.9 Å². The summed E-state index contributed by atoms with van der Waals surface area (Å²) < 4.78 is 25.1. The van der Waals surface area contributed by atoms with Crippen LogP contribution in [0.3, 0.4) is 0 Å². The number of hydrogen-bond acceptors (Lipinski definition) is 4. The van der Waals surface area contributed by atoms with Crippen LogP contribution in [0.25, 0.3) is 0 Å². The van der Waals surface area contributed by atoms with Crippen LogP contribution < -0.4 is 0 Å². The first-order valence-electron chi connectivity index (χ1n) is 3.96. The van der Waals surface area contributed by atoms with Crippen molar-refractivity contribution in [2.75, 3.05) is 0 Å². The largest absolute Gasteiger partial charge is 0.280 e. The number of nitrogens with zero attached hydrogens (tertiary/aromatic N) is 3. The van der Waals surface area contributed by atoms with Crippen molar-refractivity contribution in [3.63, 3.8) is 0 Å². The summed E-state index contributed by atoms with van der Waals surface area (Å²) in [6.45, 7) is 0. The summed E-state index contributed by atoms with van der Waals surface area (Å²) in [6, 6.07) is 2.60. The highest BCUT2D eigenvalue weighted by Crippen LogP contribution is 2.30. The maximum atomic E-state index is 12.6. The Morgan fingerprint density at radius 1 is 1.69 bits per heavy atom. The smallest absolute Gasteiger partial charge is 0.258 e. The first-order valence-corrected chi connectivity index (χ1v) is 4.75. The van der Waals surface area contributed by atoms with E-state index >= 15 is 0 Å². The van der Waals surface area contributed by atoms with Crippen LogP contribution in [-0.4, -0.2) is 9.91 Å². The molecule has 0 radical (unpaired) electrons. The average Bonchev–Trinajstić information content (AvgIpc) is 2.19. The molecule has 0 aliphatic rings. The second-order valence-electron chi connectivity index (χ2n) is 2.72. The number of nitro groups is 1. The van der Waals surface area contributed by atoms with E-state index in [0.717, 1.165) is 6.07 Å². The third-order valence-electron chi connectivity index (χ3n) is 1.76. The van der Waals surface area contributed by atoms with Crippen molar-refractivity contribution < 1.29 is 13.7 Å². The van der Waals surface area contributed by atoms with Crippen molar-refractivity contribution in [1.82, 2.24) is 4.98 Å². The van der Waals surface area contributed by atoms with Crippen LogP contribution in [0.5, 0.6) is 0 Å². The molecule has 0 atom stereocenters. The Morgan fingerprint density at radius 2 is 2.31 bits per heavy atom. The molecule has 16 heavy (non-hydrogen) atoms. The Morgan fingerprint density at radius 3 is 2.75 bits per heavy atom. The number of nitriles is 1.